The Morgan fingerprint density at radius 3 is 2.76 bits per heavy atom. The third kappa shape index (κ3) is 2.10. The molecule has 3 nitrogen and oxygen atoms in total. The van der Waals surface area contributed by atoms with Gasteiger partial charge in [0, 0.05) is 16.9 Å². The van der Waals surface area contributed by atoms with Crippen LogP contribution in [0.5, 0.6) is 0 Å². The Balaban J connectivity index is 1.95. The first-order valence-corrected chi connectivity index (χ1v) is 8.10. The van der Waals surface area contributed by atoms with Crippen LogP contribution in [0.15, 0.2) is 28.4 Å². The fraction of sp³-hybridized carbons (Fsp3) is 0.294. The molecule has 0 saturated heterocycles. The molecule has 21 heavy (non-hydrogen) atoms. The van der Waals surface area contributed by atoms with E-state index in [-0.39, 0.29) is 5.56 Å². The number of rotatable bonds is 2. The van der Waals surface area contributed by atoms with Gasteiger partial charge in [0.15, 0.2) is 0 Å². The maximum absolute atomic E-state index is 12.5. The first-order chi connectivity index (χ1) is 10.1. The maximum atomic E-state index is 12.5. The molecular weight excluding hydrogens is 280 g/mol. The largest absolute Gasteiger partial charge is 0.310 e. The second-order valence-electron chi connectivity index (χ2n) is 5.87. The van der Waals surface area contributed by atoms with Crippen molar-refractivity contribution in [3.63, 3.8) is 0 Å². The fourth-order valence-electron chi connectivity index (χ4n) is 2.83. The minimum absolute atomic E-state index is 0.00174. The topological polar surface area (TPSA) is 45.8 Å². The zero-order valence-electron chi connectivity index (χ0n) is 12.1. The SMILES string of the molecule is Cc1ccc(-c2csc3nc(C4CC4)[nH]c(=O)c23)c(C)c1. The van der Waals surface area contributed by atoms with Gasteiger partial charge in [-0.25, -0.2) is 4.98 Å². The van der Waals surface area contributed by atoms with Crippen LogP contribution in [0.2, 0.25) is 0 Å². The van der Waals surface area contributed by atoms with E-state index < -0.39 is 0 Å². The van der Waals surface area contributed by atoms with Crippen LogP contribution in [0.25, 0.3) is 21.3 Å². The summed E-state index contributed by atoms with van der Waals surface area (Å²) in [5, 5.41) is 2.79. The van der Waals surface area contributed by atoms with Gasteiger partial charge >= 0.3 is 0 Å². The third-order valence-electron chi connectivity index (χ3n) is 4.10. The Labute approximate surface area is 126 Å². The number of hydrogen-bond donors (Lipinski definition) is 1. The predicted molar refractivity (Wildman–Crippen MR) is 87.1 cm³/mol. The average Bonchev–Trinajstić information content (AvgIpc) is 3.20. The van der Waals surface area contributed by atoms with Crippen molar-refractivity contribution >= 4 is 21.6 Å². The summed E-state index contributed by atoms with van der Waals surface area (Å²) in [7, 11) is 0. The standard InChI is InChI=1S/C17H16N2OS/c1-9-3-6-12(10(2)7-9)13-8-21-17-14(13)16(20)18-15(19-17)11-4-5-11/h3,6-8,11H,4-5H2,1-2H3,(H,18,19,20). The van der Waals surface area contributed by atoms with Crippen LogP contribution < -0.4 is 5.56 Å². The van der Waals surface area contributed by atoms with Crippen LogP contribution in [-0.2, 0) is 0 Å². The van der Waals surface area contributed by atoms with Crippen molar-refractivity contribution in [1.82, 2.24) is 9.97 Å². The minimum atomic E-state index is -0.00174. The van der Waals surface area contributed by atoms with Gasteiger partial charge in [0.05, 0.1) is 5.39 Å². The molecule has 106 valence electrons. The Morgan fingerprint density at radius 1 is 1.24 bits per heavy atom. The summed E-state index contributed by atoms with van der Waals surface area (Å²) < 4.78 is 0. The summed E-state index contributed by atoms with van der Waals surface area (Å²) in [4.78, 5) is 21.0. The molecule has 0 aliphatic heterocycles. The van der Waals surface area contributed by atoms with E-state index in [0.29, 0.717) is 5.92 Å². The molecule has 0 radical (unpaired) electrons. The highest BCUT2D eigenvalue weighted by atomic mass is 32.1. The number of aromatic amines is 1. The van der Waals surface area contributed by atoms with Crippen molar-refractivity contribution in [2.24, 2.45) is 0 Å². The summed E-state index contributed by atoms with van der Waals surface area (Å²) in [6.45, 7) is 4.17. The van der Waals surface area contributed by atoms with Gasteiger partial charge in [0.1, 0.15) is 10.7 Å². The monoisotopic (exact) mass is 296 g/mol. The van der Waals surface area contributed by atoms with Crippen molar-refractivity contribution in [2.75, 3.05) is 0 Å². The second kappa shape index (κ2) is 4.53. The lowest BCUT2D eigenvalue weighted by atomic mass is 9.99. The molecule has 4 heteroatoms. The van der Waals surface area contributed by atoms with Gasteiger partial charge in [0.2, 0.25) is 0 Å². The average molecular weight is 296 g/mol. The molecule has 2 aromatic heterocycles. The molecule has 1 aliphatic rings. The summed E-state index contributed by atoms with van der Waals surface area (Å²) >= 11 is 1.56. The van der Waals surface area contributed by atoms with Gasteiger partial charge in [0.25, 0.3) is 5.56 Å². The molecule has 2 heterocycles. The van der Waals surface area contributed by atoms with E-state index in [9.17, 15) is 4.79 Å². The van der Waals surface area contributed by atoms with Gasteiger partial charge in [-0.1, -0.05) is 23.8 Å². The Kier molecular flexibility index (Phi) is 2.76. The lowest BCUT2D eigenvalue weighted by molar-refractivity contribution is 0.935. The summed E-state index contributed by atoms with van der Waals surface area (Å²) in [5.74, 6) is 1.33. The van der Waals surface area contributed by atoms with Crippen molar-refractivity contribution in [3.8, 4) is 11.1 Å². The molecule has 0 amide bonds. The molecule has 0 spiro atoms. The quantitative estimate of drug-likeness (QED) is 0.772. The van der Waals surface area contributed by atoms with Crippen LogP contribution in [0.1, 0.15) is 35.7 Å². The van der Waals surface area contributed by atoms with Crippen LogP contribution in [0, 0.1) is 13.8 Å². The first-order valence-electron chi connectivity index (χ1n) is 7.22. The molecule has 1 N–H and O–H groups in total. The molecule has 1 aromatic carbocycles. The number of hydrogen-bond acceptors (Lipinski definition) is 3. The summed E-state index contributed by atoms with van der Waals surface area (Å²) in [6, 6.07) is 6.34. The molecular formula is C17H16N2OS. The van der Waals surface area contributed by atoms with E-state index in [4.69, 9.17) is 0 Å². The Morgan fingerprint density at radius 2 is 2.05 bits per heavy atom. The van der Waals surface area contributed by atoms with Crippen LogP contribution >= 0.6 is 11.3 Å². The smallest absolute Gasteiger partial charge is 0.260 e. The lowest BCUT2D eigenvalue weighted by Crippen LogP contribution is -2.10. The predicted octanol–water partition coefficient (Wildman–Crippen LogP) is 4.15. The van der Waals surface area contributed by atoms with E-state index in [2.05, 4.69) is 47.4 Å². The molecule has 0 atom stereocenters. The van der Waals surface area contributed by atoms with Crippen molar-refractivity contribution < 1.29 is 0 Å². The zero-order chi connectivity index (χ0) is 14.6. The first kappa shape index (κ1) is 12.8. The van der Waals surface area contributed by atoms with Gasteiger partial charge in [-0.3, -0.25) is 4.79 Å². The number of benzene rings is 1. The molecule has 1 aliphatic carbocycles. The molecule has 1 saturated carbocycles. The fourth-order valence-corrected chi connectivity index (χ4v) is 3.78. The number of nitrogens with one attached hydrogen (secondary N) is 1. The third-order valence-corrected chi connectivity index (χ3v) is 4.97. The minimum Gasteiger partial charge on any atom is -0.310 e. The molecule has 4 rings (SSSR count). The number of aryl methyl sites for hydroxylation is 2. The summed E-state index contributed by atoms with van der Waals surface area (Å²) in [5.41, 5.74) is 4.55. The van der Waals surface area contributed by atoms with Crippen molar-refractivity contribution in [1.29, 1.82) is 0 Å². The number of aromatic nitrogens is 2. The van der Waals surface area contributed by atoms with Crippen molar-refractivity contribution in [2.45, 2.75) is 32.6 Å². The number of thiophene rings is 1. The highest BCUT2D eigenvalue weighted by molar-refractivity contribution is 7.17. The van der Waals surface area contributed by atoms with Crippen LogP contribution in [-0.4, -0.2) is 9.97 Å². The molecule has 0 bridgehead atoms. The summed E-state index contributed by atoms with van der Waals surface area (Å²) in [6.07, 6.45) is 2.29. The Hall–Kier alpha value is -1.94. The Bertz CT molecular complexity index is 903. The van der Waals surface area contributed by atoms with Gasteiger partial charge in [-0.05, 0) is 37.8 Å². The number of H-pyrrole nitrogens is 1. The highest BCUT2D eigenvalue weighted by Gasteiger charge is 2.27. The normalized spacial score (nSPS) is 14.8. The van der Waals surface area contributed by atoms with Crippen LogP contribution in [0.4, 0.5) is 0 Å². The van der Waals surface area contributed by atoms with E-state index in [1.54, 1.807) is 11.3 Å². The second-order valence-corrected chi connectivity index (χ2v) is 6.73. The van der Waals surface area contributed by atoms with E-state index in [1.165, 1.54) is 11.1 Å². The number of fused-ring (bicyclic) bond motifs is 1. The van der Waals surface area contributed by atoms with E-state index in [0.717, 1.165) is 40.0 Å². The van der Waals surface area contributed by atoms with E-state index in [1.807, 2.05) is 0 Å². The van der Waals surface area contributed by atoms with Crippen molar-refractivity contribution in [3.05, 3.63) is 50.9 Å². The van der Waals surface area contributed by atoms with Gasteiger partial charge < -0.3 is 4.98 Å². The molecule has 0 unspecified atom stereocenters. The van der Waals surface area contributed by atoms with Crippen LogP contribution in [0.3, 0.4) is 0 Å². The van der Waals surface area contributed by atoms with E-state index >= 15 is 0 Å². The molecule has 1 fully saturated rings. The van der Waals surface area contributed by atoms with Gasteiger partial charge in [-0.2, -0.15) is 0 Å². The van der Waals surface area contributed by atoms with Gasteiger partial charge in [-0.15, -0.1) is 11.3 Å². The molecule has 3 aromatic rings. The number of nitrogens with zero attached hydrogens (tertiary/aromatic N) is 1. The highest BCUT2D eigenvalue weighted by Crippen LogP contribution is 2.39. The zero-order valence-corrected chi connectivity index (χ0v) is 12.9. The maximum Gasteiger partial charge on any atom is 0.260 e. The lowest BCUT2D eigenvalue weighted by Gasteiger charge is -2.06.